The SMILES string of the molecule is CC(C)NCCC(=O)NCC1(O)CCC1. The molecule has 0 unspecified atom stereocenters. The highest BCUT2D eigenvalue weighted by molar-refractivity contribution is 5.76. The Morgan fingerprint density at radius 1 is 1.47 bits per heavy atom. The fourth-order valence-corrected chi connectivity index (χ4v) is 1.59. The lowest BCUT2D eigenvalue weighted by Crippen LogP contribution is -2.48. The van der Waals surface area contributed by atoms with Gasteiger partial charge >= 0.3 is 0 Å². The van der Waals surface area contributed by atoms with Crippen LogP contribution in [0, 0.1) is 0 Å². The normalized spacial score (nSPS) is 18.7. The van der Waals surface area contributed by atoms with Gasteiger partial charge in [0.15, 0.2) is 0 Å². The molecule has 0 bridgehead atoms. The predicted octanol–water partition coefficient (Wildman–Crippen LogP) is 0.406. The van der Waals surface area contributed by atoms with Crippen LogP contribution in [-0.4, -0.2) is 35.7 Å². The monoisotopic (exact) mass is 214 g/mol. The summed E-state index contributed by atoms with van der Waals surface area (Å²) >= 11 is 0. The summed E-state index contributed by atoms with van der Waals surface area (Å²) < 4.78 is 0. The van der Waals surface area contributed by atoms with Crippen LogP contribution in [0.2, 0.25) is 0 Å². The summed E-state index contributed by atoms with van der Waals surface area (Å²) in [5, 5.41) is 15.7. The van der Waals surface area contributed by atoms with Crippen molar-refractivity contribution in [3.05, 3.63) is 0 Å². The quantitative estimate of drug-likeness (QED) is 0.600. The Morgan fingerprint density at radius 3 is 2.60 bits per heavy atom. The number of aliphatic hydroxyl groups is 1. The molecule has 0 radical (unpaired) electrons. The van der Waals surface area contributed by atoms with Crippen molar-refractivity contribution in [2.75, 3.05) is 13.1 Å². The smallest absolute Gasteiger partial charge is 0.221 e. The van der Waals surface area contributed by atoms with Crippen molar-refractivity contribution >= 4 is 5.91 Å². The van der Waals surface area contributed by atoms with Crippen LogP contribution in [0.1, 0.15) is 39.5 Å². The Kier molecular flexibility index (Phi) is 4.54. The minimum atomic E-state index is -0.610. The molecule has 0 heterocycles. The van der Waals surface area contributed by atoms with E-state index in [1.807, 2.05) is 0 Å². The van der Waals surface area contributed by atoms with Gasteiger partial charge in [-0.25, -0.2) is 0 Å². The summed E-state index contributed by atoms with van der Waals surface area (Å²) in [5.74, 6) is 0.0171. The van der Waals surface area contributed by atoms with Crippen LogP contribution in [-0.2, 0) is 4.79 Å². The number of hydrogen-bond donors (Lipinski definition) is 3. The molecular weight excluding hydrogens is 192 g/mol. The summed E-state index contributed by atoms with van der Waals surface area (Å²) in [5.41, 5.74) is -0.610. The Bertz CT molecular complexity index is 213. The van der Waals surface area contributed by atoms with Crippen molar-refractivity contribution in [2.24, 2.45) is 0 Å². The summed E-state index contributed by atoms with van der Waals surface area (Å²) in [6.07, 6.45) is 3.19. The highest BCUT2D eigenvalue weighted by atomic mass is 16.3. The Labute approximate surface area is 91.4 Å². The van der Waals surface area contributed by atoms with Crippen LogP contribution < -0.4 is 10.6 Å². The molecule has 1 aliphatic rings. The predicted molar refractivity (Wildman–Crippen MR) is 59.6 cm³/mol. The zero-order chi connectivity index (χ0) is 11.3. The molecule has 0 aromatic heterocycles. The van der Waals surface area contributed by atoms with E-state index in [1.165, 1.54) is 0 Å². The van der Waals surface area contributed by atoms with E-state index in [9.17, 15) is 9.90 Å². The summed E-state index contributed by atoms with van der Waals surface area (Å²) in [7, 11) is 0. The molecule has 1 amide bonds. The molecule has 0 aliphatic heterocycles. The van der Waals surface area contributed by atoms with E-state index in [4.69, 9.17) is 0 Å². The summed E-state index contributed by atoms with van der Waals surface area (Å²) in [6, 6.07) is 0.411. The lowest BCUT2D eigenvalue weighted by molar-refractivity contribution is -0.123. The molecule has 1 saturated carbocycles. The van der Waals surface area contributed by atoms with E-state index >= 15 is 0 Å². The van der Waals surface area contributed by atoms with Gasteiger partial charge in [-0.05, 0) is 19.3 Å². The first-order valence-electron chi connectivity index (χ1n) is 5.74. The minimum Gasteiger partial charge on any atom is -0.388 e. The van der Waals surface area contributed by atoms with Crippen molar-refractivity contribution in [2.45, 2.75) is 51.2 Å². The molecule has 4 heteroatoms. The Hall–Kier alpha value is -0.610. The number of rotatable bonds is 6. The molecule has 0 saturated heterocycles. The third-order valence-corrected chi connectivity index (χ3v) is 2.80. The van der Waals surface area contributed by atoms with Gasteiger partial charge in [0.1, 0.15) is 0 Å². The topological polar surface area (TPSA) is 61.4 Å². The van der Waals surface area contributed by atoms with Gasteiger partial charge < -0.3 is 15.7 Å². The van der Waals surface area contributed by atoms with Crippen LogP contribution in [0.5, 0.6) is 0 Å². The number of nitrogens with one attached hydrogen (secondary N) is 2. The molecule has 0 aromatic rings. The first-order chi connectivity index (χ1) is 7.02. The molecule has 15 heavy (non-hydrogen) atoms. The van der Waals surface area contributed by atoms with Crippen LogP contribution in [0.3, 0.4) is 0 Å². The molecule has 3 N–H and O–H groups in total. The van der Waals surface area contributed by atoms with Gasteiger partial charge in [-0.15, -0.1) is 0 Å². The summed E-state index contributed by atoms with van der Waals surface area (Å²) in [6.45, 7) is 5.21. The summed E-state index contributed by atoms with van der Waals surface area (Å²) in [4.78, 5) is 11.3. The second-order valence-corrected chi connectivity index (χ2v) is 4.71. The molecule has 0 aromatic carbocycles. The largest absolute Gasteiger partial charge is 0.388 e. The van der Waals surface area contributed by atoms with Crippen LogP contribution in [0.4, 0.5) is 0 Å². The van der Waals surface area contributed by atoms with E-state index in [2.05, 4.69) is 24.5 Å². The van der Waals surface area contributed by atoms with Gasteiger partial charge in [-0.3, -0.25) is 4.79 Å². The Morgan fingerprint density at radius 2 is 2.13 bits per heavy atom. The average molecular weight is 214 g/mol. The first kappa shape index (κ1) is 12.5. The van der Waals surface area contributed by atoms with Crippen molar-refractivity contribution in [3.8, 4) is 0 Å². The van der Waals surface area contributed by atoms with Gasteiger partial charge in [0, 0.05) is 25.6 Å². The molecule has 1 fully saturated rings. The van der Waals surface area contributed by atoms with Crippen LogP contribution >= 0.6 is 0 Å². The molecule has 88 valence electrons. The first-order valence-corrected chi connectivity index (χ1v) is 5.74. The van der Waals surface area contributed by atoms with Gasteiger partial charge in [0.25, 0.3) is 0 Å². The molecule has 1 aliphatic carbocycles. The van der Waals surface area contributed by atoms with Gasteiger partial charge in [-0.2, -0.15) is 0 Å². The zero-order valence-electron chi connectivity index (χ0n) is 9.68. The minimum absolute atomic E-state index is 0.0171. The molecule has 0 atom stereocenters. The van der Waals surface area contributed by atoms with E-state index in [1.54, 1.807) is 0 Å². The van der Waals surface area contributed by atoms with Crippen molar-refractivity contribution in [3.63, 3.8) is 0 Å². The number of hydrogen-bond acceptors (Lipinski definition) is 3. The molecule has 4 nitrogen and oxygen atoms in total. The maximum Gasteiger partial charge on any atom is 0.221 e. The highest BCUT2D eigenvalue weighted by Crippen LogP contribution is 2.30. The zero-order valence-corrected chi connectivity index (χ0v) is 9.68. The highest BCUT2D eigenvalue weighted by Gasteiger charge is 2.34. The standard InChI is InChI=1S/C11H22N2O2/c1-9(2)12-7-4-10(14)13-8-11(15)5-3-6-11/h9,12,15H,3-8H2,1-2H3,(H,13,14). The lowest BCUT2D eigenvalue weighted by atomic mass is 9.80. The van der Waals surface area contributed by atoms with Gasteiger partial charge in [-0.1, -0.05) is 13.8 Å². The number of carbonyl (C=O) groups excluding carboxylic acids is 1. The van der Waals surface area contributed by atoms with E-state index in [-0.39, 0.29) is 5.91 Å². The Balaban J connectivity index is 2.03. The van der Waals surface area contributed by atoms with Crippen molar-refractivity contribution in [1.29, 1.82) is 0 Å². The van der Waals surface area contributed by atoms with E-state index in [0.29, 0.717) is 25.6 Å². The maximum absolute atomic E-state index is 11.3. The second kappa shape index (κ2) is 5.47. The average Bonchev–Trinajstić information content (AvgIpc) is 2.11. The fraction of sp³-hybridized carbons (Fsp3) is 0.909. The van der Waals surface area contributed by atoms with E-state index in [0.717, 1.165) is 19.3 Å². The second-order valence-electron chi connectivity index (χ2n) is 4.71. The van der Waals surface area contributed by atoms with Crippen molar-refractivity contribution < 1.29 is 9.90 Å². The molecule has 1 rings (SSSR count). The molecule has 0 spiro atoms. The fourth-order valence-electron chi connectivity index (χ4n) is 1.59. The van der Waals surface area contributed by atoms with Crippen LogP contribution in [0.15, 0.2) is 0 Å². The lowest BCUT2D eigenvalue weighted by Gasteiger charge is -2.36. The number of carbonyl (C=O) groups is 1. The maximum atomic E-state index is 11.3. The van der Waals surface area contributed by atoms with Gasteiger partial charge in [0.05, 0.1) is 5.60 Å². The number of amides is 1. The third kappa shape index (κ3) is 4.62. The van der Waals surface area contributed by atoms with E-state index < -0.39 is 5.60 Å². The molecular formula is C11H22N2O2. The van der Waals surface area contributed by atoms with Crippen molar-refractivity contribution in [1.82, 2.24) is 10.6 Å². The van der Waals surface area contributed by atoms with Crippen LogP contribution in [0.25, 0.3) is 0 Å². The third-order valence-electron chi connectivity index (χ3n) is 2.80. The van der Waals surface area contributed by atoms with Gasteiger partial charge in [0.2, 0.25) is 5.91 Å².